The smallest absolute Gasteiger partial charge is 0.273 e. The van der Waals surface area contributed by atoms with Gasteiger partial charge in [-0.3, -0.25) is 10.1 Å². The van der Waals surface area contributed by atoms with Crippen LogP contribution in [0.2, 0.25) is 19.6 Å². The minimum atomic E-state index is -1.95. The molecule has 0 fully saturated rings. The predicted molar refractivity (Wildman–Crippen MR) is 57.0 cm³/mol. The van der Waals surface area contributed by atoms with Crippen molar-refractivity contribution in [3.8, 4) is 5.75 Å². The van der Waals surface area contributed by atoms with Gasteiger partial charge in [0.25, 0.3) is 5.69 Å². The van der Waals surface area contributed by atoms with Crippen LogP contribution in [0.4, 0.5) is 10.1 Å². The lowest BCUT2D eigenvalue weighted by atomic mass is 10.3. The first kappa shape index (κ1) is 11.6. The Hall–Kier alpha value is -1.43. The van der Waals surface area contributed by atoms with Gasteiger partial charge in [0.2, 0.25) is 8.32 Å². The Bertz CT molecular complexity index is 389. The standard InChI is InChI=1S/C9H12FNO3Si/c1-15(2,3)14-9-6-7(11(12)13)4-5-8(9)10/h4-6H,1-3H3. The van der Waals surface area contributed by atoms with Crippen molar-refractivity contribution in [3.05, 3.63) is 34.1 Å². The minimum absolute atomic E-state index is 0.0385. The normalized spacial score (nSPS) is 11.2. The summed E-state index contributed by atoms with van der Waals surface area (Å²) < 4.78 is 18.6. The minimum Gasteiger partial charge on any atom is -0.542 e. The van der Waals surface area contributed by atoms with Crippen LogP contribution in [0.25, 0.3) is 0 Å². The number of non-ortho nitro benzene ring substituents is 1. The van der Waals surface area contributed by atoms with Gasteiger partial charge in [-0.2, -0.15) is 0 Å². The van der Waals surface area contributed by atoms with Crippen molar-refractivity contribution in [1.29, 1.82) is 0 Å². The monoisotopic (exact) mass is 229 g/mol. The number of nitrogens with zero attached hydrogens (tertiary/aromatic N) is 1. The third-order valence-electron chi connectivity index (χ3n) is 1.54. The Kier molecular flexibility index (Phi) is 3.08. The molecule has 0 radical (unpaired) electrons. The van der Waals surface area contributed by atoms with Crippen LogP contribution in [0.5, 0.6) is 5.75 Å². The van der Waals surface area contributed by atoms with Crippen LogP contribution in [-0.4, -0.2) is 13.2 Å². The lowest BCUT2D eigenvalue weighted by Gasteiger charge is -2.19. The SMILES string of the molecule is C[Si](C)(C)Oc1cc([N+](=O)[O-])ccc1F. The van der Waals surface area contributed by atoms with Gasteiger partial charge in [-0.1, -0.05) is 0 Å². The zero-order valence-electron chi connectivity index (χ0n) is 8.78. The van der Waals surface area contributed by atoms with E-state index in [1.807, 2.05) is 19.6 Å². The fourth-order valence-corrected chi connectivity index (χ4v) is 1.83. The second-order valence-electron chi connectivity index (χ2n) is 4.09. The van der Waals surface area contributed by atoms with Gasteiger partial charge in [0.15, 0.2) is 5.82 Å². The van der Waals surface area contributed by atoms with Crippen LogP contribution in [0.3, 0.4) is 0 Å². The van der Waals surface area contributed by atoms with E-state index in [-0.39, 0.29) is 11.4 Å². The largest absolute Gasteiger partial charge is 0.542 e. The molecule has 1 rings (SSSR count). The molecule has 15 heavy (non-hydrogen) atoms. The Labute approximate surface area is 88.0 Å². The maximum Gasteiger partial charge on any atom is 0.273 e. The van der Waals surface area contributed by atoms with E-state index in [2.05, 4.69) is 0 Å². The van der Waals surface area contributed by atoms with Crippen LogP contribution < -0.4 is 4.43 Å². The zero-order valence-corrected chi connectivity index (χ0v) is 9.78. The number of halogens is 1. The molecule has 0 aliphatic rings. The first-order valence-electron chi connectivity index (χ1n) is 4.42. The molecule has 0 aliphatic heterocycles. The van der Waals surface area contributed by atoms with Crippen molar-refractivity contribution in [1.82, 2.24) is 0 Å². The molecule has 0 spiro atoms. The van der Waals surface area contributed by atoms with Gasteiger partial charge in [0, 0.05) is 6.07 Å². The first-order chi connectivity index (χ1) is 6.79. The highest BCUT2D eigenvalue weighted by Crippen LogP contribution is 2.25. The quantitative estimate of drug-likeness (QED) is 0.455. The number of rotatable bonds is 3. The van der Waals surface area contributed by atoms with E-state index in [1.54, 1.807) is 0 Å². The van der Waals surface area contributed by atoms with Crippen LogP contribution in [0.15, 0.2) is 18.2 Å². The third kappa shape index (κ3) is 3.32. The zero-order chi connectivity index (χ0) is 11.6. The number of hydrogen-bond acceptors (Lipinski definition) is 3. The highest BCUT2D eigenvalue weighted by atomic mass is 28.4. The number of nitro groups is 1. The van der Waals surface area contributed by atoms with Crippen LogP contribution >= 0.6 is 0 Å². The summed E-state index contributed by atoms with van der Waals surface area (Å²) in [5.41, 5.74) is -0.162. The molecule has 0 bridgehead atoms. The summed E-state index contributed by atoms with van der Waals surface area (Å²) in [7, 11) is -1.95. The molecule has 0 saturated heterocycles. The van der Waals surface area contributed by atoms with Gasteiger partial charge in [0.05, 0.1) is 11.0 Å². The Morgan fingerprint density at radius 3 is 2.47 bits per heavy atom. The average molecular weight is 229 g/mol. The summed E-state index contributed by atoms with van der Waals surface area (Å²) in [5, 5.41) is 10.5. The summed E-state index contributed by atoms with van der Waals surface area (Å²) in [6.07, 6.45) is 0. The van der Waals surface area contributed by atoms with Gasteiger partial charge in [-0.05, 0) is 25.7 Å². The van der Waals surface area contributed by atoms with Crippen molar-refractivity contribution in [2.24, 2.45) is 0 Å². The molecule has 1 aromatic carbocycles. The molecule has 1 aromatic rings. The van der Waals surface area contributed by atoms with Crippen LogP contribution in [0.1, 0.15) is 0 Å². The van der Waals surface area contributed by atoms with E-state index >= 15 is 0 Å². The second kappa shape index (κ2) is 3.97. The Morgan fingerprint density at radius 2 is 2.00 bits per heavy atom. The highest BCUT2D eigenvalue weighted by Gasteiger charge is 2.20. The molecular weight excluding hydrogens is 217 g/mol. The van der Waals surface area contributed by atoms with Gasteiger partial charge in [-0.15, -0.1) is 0 Å². The lowest BCUT2D eigenvalue weighted by molar-refractivity contribution is -0.385. The van der Waals surface area contributed by atoms with E-state index in [0.29, 0.717) is 0 Å². The van der Waals surface area contributed by atoms with Crippen molar-refractivity contribution < 1.29 is 13.7 Å². The fourth-order valence-electron chi connectivity index (χ4n) is 1.01. The molecule has 6 heteroatoms. The Morgan fingerprint density at radius 1 is 1.40 bits per heavy atom. The molecule has 0 aromatic heterocycles. The van der Waals surface area contributed by atoms with E-state index in [0.717, 1.165) is 18.2 Å². The highest BCUT2D eigenvalue weighted by molar-refractivity contribution is 6.70. The number of benzene rings is 1. The van der Waals surface area contributed by atoms with Gasteiger partial charge in [0.1, 0.15) is 5.75 Å². The molecule has 0 amide bonds. The maximum absolute atomic E-state index is 13.2. The topological polar surface area (TPSA) is 52.4 Å². The van der Waals surface area contributed by atoms with E-state index in [1.165, 1.54) is 0 Å². The average Bonchev–Trinajstić information content (AvgIpc) is 2.06. The summed E-state index contributed by atoms with van der Waals surface area (Å²) in [6.45, 7) is 5.64. The van der Waals surface area contributed by atoms with Gasteiger partial charge in [-0.25, -0.2) is 4.39 Å². The molecule has 0 heterocycles. The van der Waals surface area contributed by atoms with E-state index < -0.39 is 19.1 Å². The summed E-state index contributed by atoms with van der Waals surface area (Å²) in [5.74, 6) is -0.605. The van der Waals surface area contributed by atoms with Crippen molar-refractivity contribution >= 4 is 14.0 Å². The predicted octanol–water partition coefficient (Wildman–Crippen LogP) is 2.95. The molecule has 4 nitrogen and oxygen atoms in total. The fraction of sp³-hybridized carbons (Fsp3) is 0.333. The summed E-state index contributed by atoms with van der Waals surface area (Å²) in [6, 6.07) is 3.29. The van der Waals surface area contributed by atoms with Crippen LogP contribution in [0, 0.1) is 15.9 Å². The van der Waals surface area contributed by atoms with Crippen LogP contribution in [-0.2, 0) is 0 Å². The molecule has 82 valence electrons. The molecule has 0 saturated carbocycles. The summed E-state index contributed by atoms with van der Waals surface area (Å²) in [4.78, 5) is 9.90. The van der Waals surface area contributed by atoms with E-state index in [9.17, 15) is 14.5 Å². The van der Waals surface area contributed by atoms with Crippen molar-refractivity contribution in [2.75, 3.05) is 0 Å². The number of hydrogen-bond donors (Lipinski definition) is 0. The first-order valence-corrected chi connectivity index (χ1v) is 7.83. The lowest BCUT2D eigenvalue weighted by Crippen LogP contribution is -2.29. The van der Waals surface area contributed by atoms with Gasteiger partial charge < -0.3 is 4.43 Å². The molecule has 0 unspecified atom stereocenters. The molecule has 0 N–H and O–H groups in total. The van der Waals surface area contributed by atoms with Crippen molar-refractivity contribution in [3.63, 3.8) is 0 Å². The number of nitro benzene ring substituents is 1. The second-order valence-corrected chi connectivity index (χ2v) is 8.52. The van der Waals surface area contributed by atoms with Crippen molar-refractivity contribution in [2.45, 2.75) is 19.6 Å². The molecule has 0 aliphatic carbocycles. The van der Waals surface area contributed by atoms with E-state index in [4.69, 9.17) is 4.43 Å². The molecular formula is C9H12FNO3Si. The third-order valence-corrected chi connectivity index (χ3v) is 2.37. The summed E-state index contributed by atoms with van der Waals surface area (Å²) >= 11 is 0. The maximum atomic E-state index is 13.2. The molecule has 0 atom stereocenters. The van der Waals surface area contributed by atoms with Gasteiger partial charge >= 0.3 is 0 Å². The Balaban J connectivity index is 3.06.